The Morgan fingerprint density at radius 2 is 1.94 bits per heavy atom. The van der Waals surface area contributed by atoms with Gasteiger partial charge in [-0.05, 0) is 43.7 Å². The number of carbonyl (C=O) groups is 1. The molecule has 4 nitrogen and oxygen atoms in total. The van der Waals surface area contributed by atoms with Gasteiger partial charge in [0.15, 0.2) is 11.5 Å². The zero-order valence-corrected chi connectivity index (χ0v) is 9.94. The van der Waals surface area contributed by atoms with Crippen LogP contribution in [0.1, 0.15) is 21.7 Å². The molecule has 0 atom stereocenters. The number of nitrogens with zero attached hydrogens (tertiary/aromatic N) is 2. The lowest BCUT2D eigenvalue weighted by Gasteiger charge is -2.06. The molecule has 92 valence electrons. The molecule has 0 aliphatic heterocycles. The average molecular weight is 246 g/mol. The van der Waals surface area contributed by atoms with E-state index in [0.717, 1.165) is 0 Å². The monoisotopic (exact) mass is 246 g/mol. The van der Waals surface area contributed by atoms with Crippen molar-refractivity contribution in [3.8, 4) is 11.4 Å². The zero-order chi connectivity index (χ0) is 13.3. The fourth-order valence-corrected chi connectivity index (χ4v) is 1.68. The highest BCUT2D eigenvalue weighted by atomic mass is 19.1. The largest absolute Gasteiger partial charge is 0.477 e. The van der Waals surface area contributed by atoms with Crippen molar-refractivity contribution in [3.63, 3.8) is 0 Å². The molecule has 1 aromatic carbocycles. The van der Waals surface area contributed by atoms with Gasteiger partial charge in [-0.3, -0.25) is 0 Å². The Morgan fingerprint density at radius 1 is 1.22 bits per heavy atom. The van der Waals surface area contributed by atoms with Crippen LogP contribution >= 0.6 is 0 Å². The molecular formula is C13H11FN2O2. The lowest BCUT2D eigenvalue weighted by Crippen LogP contribution is -2.05. The van der Waals surface area contributed by atoms with E-state index < -0.39 is 5.97 Å². The van der Waals surface area contributed by atoms with E-state index in [9.17, 15) is 9.18 Å². The predicted molar refractivity (Wildman–Crippen MR) is 63.9 cm³/mol. The summed E-state index contributed by atoms with van der Waals surface area (Å²) in [5.41, 5.74) is 1.78. The summed E-state index contributed by atoms with van der Waals surface area (Å²) in [4.78, 5) is 19.1. The Hall–Kier alpha value is -2.30. The number of rotatable bonds is 2. The third-order valence-electron chi connectivity index (χ3n) is 2.50. The standard InChI is InChI=1S/C13H11FN2O2/c1-7-5-9(14)3-4-10(7)12-15-8(2)6-11(16-12)13(17)18/h3-6H,1-2H3,(H,17,18). The van der Waals surface area contributed by atoms with E-state index in [4.69, 9.17) is 5.11 Å². The number of aromatic carboxylic acids is 1. The van der Waals surface area contributed by atoms with Crippen molar-refractivity contribution in [2.24, 2.45) is 0 Å². The fraction of sp³-hybridized carbons (Fsp3) is 0.154. The van der Waals surface area contributed by atoms with Crippen LogP contribution in [0.2, 0.25) is 0 Å². The van der Waals surface area contributed by atoms with Gasteiger partial charge in [-0.15, -0.1) is 0 Å². The van der Waals surface area contributed by atoms with E-state index in [0.29, 0.717) is 22.6 Å². The number of carboxylic acid groups (broad SMARTS) is 1. The number of carboxylic acids is 1. The van der Waals surface area contributed by atoms with Crippen molar-refractivity contribution in [3.05, 3.63) is 47.0 Å². The number of hydrogen-bond donors (Lipinski definition) is 1. The summed E-state index contributed by atoms with van der Waals surface area (Å²) >= 11 is 0. The van der Waals surface area contributed by atoms with Crippen molar-refractivity contribution in [1.82, 2.24) is 9.97 Å². The third kappa shape index (κ3) is 2.34. The molecule has 0 spiro atoms. The van der Waals surface area contributed by atoms with Crippen molar-refractivity contribution in [2.45, 2.75) is 13.8 Å². The van der Waals surface area contributed by atoms with Crippen LogP contribution in [0.25, 0.3) is 11.4 Å². The molecule has 0 aliphatic rings. The highest BCUT2D eigenvalue weighted by Crippen LogP contribution is 2.21. The van der Waals surface area contributed by atoms with Crippen LogP contribution in [0, 0.1) is 19.7 Å². The van der Waals surface area contributed by atoms with Gasteiger partial charge >= 0.3 is 5.97 Å². The molecule has 0 amide bonds. The number of aryl methyl sites for hydroxylation is 2. The van der Waals surface area contributed by atoms with Crippen LogP contribution in [0.4, 0.5) is 4.39 Å². The average Bonchev–Trinajstić information content (AvgIpc) is 2.27. The van der Waals surface area contributed by atoms with Gasteiger partial charge in [0, 0.05) is 11.3 Å². The predicted octanol–water partition coefficient (Wildman–Crippen LogP) is 2.60. The quantitative estimate of drug-likeness (QED) is 0.884. The van der Waals surface area contributed by atoms with Crippen LogP contribution in [-0.2, 0) is 0 Å². The molecular weight excluding hydrogens is 235 g/mol. The van der Waals surface area contributed by atoms with E-state index in [1.54, 1.807) is 19.9 Å². The molecule has 0 unspecified atom stereocenters. The summed E-state index contributed by atoms with van der Waals surface area (Å²) in [5, 5.41) is 8.94. The third-order valence-corrected chi connectivity index (χ3v) is 2.50. The maximum Gasteiger partial charge on any atom is 0.354 e. The Labute approximate surface area is 103 Å². The Kier molecular flexibility index (Phi) is 3.06. The van der Waals surface area contributed by atoms with E-state index in [2.05, 4.69) is 9.97 Å². The first-order chi connectivity index (χ1) is 8.47. The van der Waals surface area contributed by atoms with E-state index in [-0.39, 0.29) is 11.5 Å². The summed E-state index contributed by atoms with van der Waals surface area (Å²) < 4.78 is 13.0. The Balaban J connectivity index is 2.60. The molecule has 0 bridgehead atoms. The van der Waals surface area contributed by atoms with Crippen LogP contribution in [0.5, 0.6) is 0 Å². The first kappa shape index (κ1) is 12.2. The van der Waals surface area contributed by atoms with E-state index in [1.165, 1.54) is 18.2 Å². The molecule has 0 aliphatic carbocycles. The number of halogens is 1. The molecule has 2 aromatic rings. The molecule has 0 fully saturated rings. The molecule has 18 heavy (non-hydrogen) atoms. The summed E-state index contributed by atoms with van der Waals surface area (Å²) in [6, 6.07) is 5.60. The number of aromatic nitrogens is 2. The molecule has 0 saturated heterocycles. The molecule has 2 rings (SSSR count). The normalized spacial score (nSPS) is 10.4. The topological polar surface area (TPSA) is 63.1 Å². The van der Waals surface area contributed by atoms with Gasteiger partial charge in [0.05, 0.1) is 0 Å². The second-order valence-corrected chi connectivity index (χ2v) is 3.98. The van der Waals surface area contributed by atoms with Crippen molar-refractivity contribution in [2.75, 3.05) is 0 Å². The maximum absolute atomic E-state index is 13.0. The second-order valence-electron chi connectivity index (χ2n) is 3.98. The maximum atomic E-state index is 13.0. The van der Waals surface area contributed by atoms with Gasteiger partial charge in [-0.25, -0.2) is 19.2 Å². The minimum absolute atomic E-state index is 0.0683. The Morgan fingerprint density at radius 3 is 2.56 bits per heavy atom. The summed E-state index contributed by atoms with van der Waals surface area (Å²) in [7, 11) is 0. The molecule has 5 heteroatoms. The number of hydrogen-bond acceptors (Lipinski definition) is 3. The minimum Gasteiger partial charge on any atom is -0.477 e. The van der Waals surface area contributed by atoms with Crippen molar-refractivity contribution < 1.29 is 14.3 Å². The van der Waals surface area contributed by atoms with Crippen LogP contribution in [0.3, 0.4) is 0 Å². The SMILES string of the molecule is Cc1cc(C(=O)O)nc(-c2ccc(F)cc2C)n1. The lowest BCUT2D eigenvalue weighted by atomic mass is 10.1. The van der Waals surface area contributed by atoms with Crippen LogP contribution in [0.15, 0.2) is 24.3 Å². The van der Waals surface area contributed by atoms with Gasteiger partial charge in [0.2, 0.25) is 0 Å². The first-order valence-electron chi connectivity index (χ1n) is 5.33. The summed E-state index contributed by atoms with van der Waals surface area (Å²) in [6.07, 6.45) is 0. The van der Waals surface area contributed by atoms with Gasteiger partial charge in [0.25, 0.3) is 0 Å². The van der Waals surface area contributed by atoms with Gasteiger partial charge in [-0.1, -0.05) is 0 Å². The summed E-state index contributed by atoms with van der Waals surface area (Å²) in [5.74, 6) is -1.16. The smallest absolute Gasteiger partial charge is 0.354 e. The van der Waals surface area contributed by atoms with Crippen molar-refractivity contribution >= 4 is 5.97 Å². The molecule has 0 radical (unpaired) electrons. The molecule has 1 N–H and O–H groups in total. The lowest BCUT2D eigenvalue weighted by molar-refractivity contribution is 0.0690. The van der Waals surface area contributed by atoms with Gasteiger partial charge in [0.1, 0.15) is 5.82 Å². The van der Waals surface area contributed by atoms with Crippen LogP contribution in [-0.4, -0.2) is 21.0 Å². The second kappa shape index (κ2) is 4.52. The first-order valence-corrected chi connectivity index (χ1v) is 5.33. The van der Waals surface area contributed by atoms with Crippen LogP contribution < -0.4 is 0 Å². The van der Waals surface area contributed by atoms with Gasteiger partial charge in [-0.2, -0.15) is 0 Å². The van der Waals surface area contributed by atoms with E-state index >= 15 is 0 Å². The molecule has 1 heterocycles. The van der Waals surface area contributed by atoms with E-state index in [1.807, 2.05) is 0 Å². The van der Waals surface area contributed by atoms with Crippen molar-refractivity contribution in [1.29, 1.82) is 0 Å². The fourth-order valence-electron chi connectivity index (χ4n) is 1.68. The summed E-state index contributed by atoms with van der Waals surface area (Å²) in [6.45, 7) is 3.42. The van der Waals surface area contributed by atoms with Gasteiger partial charge < -0.3 is 5.11 Å². The molecule has 1 aromatic heterocycles. The number of benzene rings is 1. The highest BCUT2D eigenvalue weighted by Gasteiger charge is 2.12. The minimum atomic E-state index is -1.11. The molecule has 0 saturated carbocycles. The zero-order valence-electron chi connectivity index (χ0n) is 9.94. The highest BCUT2D eigenvalue weighted by molar-refractivity contribution is 5.86. The Bertz CT molecular complexity index is 626.